The molecule has 33 heavy (non-hydrogen) atoms. The number of nitrogens with zero attached hydrogens (tertiary/aromatic N) is 5. The fraction of sp³-hybridized carbons (Fsp3) is 0.643. The van der Waals surface area contributed by atoms with Crippen molar-refractivity contribution in [2.75, 3.05) is 13.1 Å². The van der Waals surface area contributed by atoms with Gasteiger partial charge in [-0.15, -0.1) is 5.92 Å². The Labute approximate surface area is 198 Å². The largest absolute Gasteiger partial charge is 0.298 e. The van der Waals surface area contributed by atoms with Gasteiger partial charge in [-0.25, -0.2) is 9.97 Å². The van der Waals surface area contributed by atoms with E-state index in [4.69, 9.17) is 9.97 Å². The van der Waals surface area contributed by atoms with E-state index in [0.29, 0.717) is 5.92 Å². The summed E-state index contributed by atoms with van der Waals surface area (Å²) in [5, 5.41) is 4.55. The van der Waals surface area contributed by atoms with Crippen molar-refractivity contribution in [2.45, 2.75) is 76.2 Å². The van der Waals surface area contributed by atoms with Crippen LogP contribution in [-0.4, -0.2) is 43.8 Å². The first-order chi connectivity index (χ1) is 16.2. The molecule has 0 N–H and O–H groups in total. The van der Waals surface area contributed by atoms with Gasteiger partial charge in [0.15, 0.2) is 0 Å². The van der Waals surface area contributed by atoms with E-state index in [-0.39, 0.29) is 0 Å². The molecule has 4 aliphatic rings. The third kappa shape index (κ3) is 4.87. The van der Waals surface area contributed by atoms with Gasteiger partial charge in [-0.2, -0.15) is 5.10 Å². The van der Waals surface area contributed by atoms with Gasteiger partial charge in [-0.05, 0) is 81.6 Å². The van der Waals surface area contributed by atoms with E-state index in [1.807, 2.05) is 17.1 Å². The van der Waals surface area contributed by atoms with Crippen molar-refractivity contribution >= 4 is 0 Å². The second kappa shape index (κ2) is 9.22. The lowest BCUT2D eigenvalue weighted by molar-refractivity contribution is 0.145. The SMILES string of the molecule is Cn1ncc(-c2ccnc(C3CC3CC3CCC(N4C[CH]C#CCC4)CC3)n2)c1CC1CC1. The standard InChI is InChI=1S/C28H36N5/c1-32-27(17-21-6-7-21)25(19-30-32)26-12-13-29-28(31-26)24-18-22(24)16-20-8-10-23(11-9-20)33-14-4-2-3-5-15-33/h4,12-13,19-24H,5-11,14-18H2,1H3. The van der Waals surface area contributed by atoms with E-state index in [9.17, 15) is 0 Å². The van der Waals surface area contributed by atoms with Gasteiger partial charge < -0.3 is 0 Å². The lowest BCUT2D eigenvalue weighted by Gasteiger charge is -2.36. The smallest absolute Gasteiger partial charge is 0.132 e. The molecule has 173 valence electrons. The third-order valence-electron chi connectivity index (χ3n) is 8.47. The Morgan fingerprint density at radius 3 is 2.79 bits per heavy atom. The molecule has 2 aromatic rings. The molecule has 3 fully saturated rings. The molecular weight excluding hydrogens is 406 g/mol. The Kier molecular flexibility index (Phi) is 5.96. The highest BCUT2D eigenvalue weighted by molar-refractivity contribution is 5.61. The zero-order valence-electron chi connectivity index (χ0n) is 19.9. The molecule has 0 aromatic carbocycles. The summed E-state index contributed by atoms with van der Waals surface area (Å²) in [6.07, 6.45) is 19.1. The molecule has 6 rings (SSSR count). The van der Waals surface area contributed by atoms with Crippen LogP contribution < -0.4 is 0 Å². The highest BCUT2D eigenvalue weighted by Gasteiger charge is 2.42. The highest BCUT2D eigenvalue weighted by Crippen LogP contribution is 2.51. The number of aromatic nitrogens is 4. The molecule has 5 nitrogen and oxygen atoms in total. The van der Waals surface area contributed by atoms with Gasteiger partial charge in [0.05, 0.1) is 11.9 Å². The summed E-state index contributed by atoms with van der Waals surface area (Å²) in [5.74, 6) is 10.5. The summed E-state index contributed by atoms with van der Waals surface area (Å²) < 4.78 is 2.04. The molecule has 2 aromatic heterocycles. The first kappa shape index (κ1) is 21.4. The fourth-order valence-corrected chi connectivity index (χ4v) is 6.14. The van der Waals surface area contributed by atoms with Gasteiger partial charge in [0.25, 0.3) is 0 Å². The maximum atomic E-state index is 5.05. The summed E-state index contributed by atoms with van der Waals surface area (Å²) in [7, 11) is 2.06. The maximum absolute atomic E-state index is 5.05. The fourth-order valence-electron chi connectivity index (χ4n) is 6.14. The van der Waals surface area contributed by atoms with E-state index in [1.54, 1.807) is 0 Å². The molecule has 3 heterocycles. The second-order valence-corrected chi connectivity index (χ2v) is 10.9. The quantitative estimate of drug-likeness (QED) is 0.578. The minimum atomic E-state index is 0.559. The van der Waals surface area contributed by atoms with Crippen LogP contribution in [0.3, 0.4) is 0 Å². The first-order valence-electron chi connectivity index (χ1n) is 13.1. The Morgan fingerprint density at radius 1 is 1.09 bits per heavy atom. The van der Waals surface area contributed by atoms with Crippen molar-refractivity contribution in [3.63, 3.8) is 0 Å². The van der Waals surface area contributed by atoms with Crippen LogP contribution in [0.1, 0.15) is 75.2 Å². The monoisotopic (exact) mass is 442 g/mol. The van der Waals surface area contributed by atoms with Gasteiger partial charge in [-0.3, -0.25) is 9.58 Å². The molecule has 0 amide bonds. The minimum absolute atomic E-state index is 0.559. The van der Waals surface area contributed by atoms with Crippen LogP contribution in [0.15, 0.2) is 18.5 Å². The molecule has 0 spiro atoms. The molecule has 1 radical (unpaired) electrons. The molecule has 1 aliphatic heterocycles. The average molecular weight is 443 g/mol. The van der Waals surface area contributed by atoms with E-state index in [2.05, 4.69) is 41.4 Å². The van der Waals surface area contributed by atoms with Crippen LogP contribution in [-0.2, 0) is 13.5 Å². The maximum Gasteiger partial charge on any atom is 0.132 e. The molecular formula is C28H36N5. The lowest BCUT2D eigenvalue weighted by atomic mass is 9.82. The molecule has 2 unspecified atom stereocenters. The zero-order chi connectivity index (χ0) is 22.2. The van der Waals surface area contributed by atoms with Gasteiger partial charge in [0.2, 0.25) is 0 Å². The van der Waals surface area contributed by atoms with Crippen LogP contribution in [0, 0.1) is 36.0 Å². The Morgan fingerprint density at radius 2 is 1.94 bits per heavy atom. The first-order valence-corrected chi connectivity index (χ1v) is 13.1. The van der Waals surface area contributed by atoms with Crippen LogP contribution in [0.2, 0.25) is 0 Å². The predicted octanol–water partition coefficient (Wildman–Crippen LogP) is 4.80. The van der Waals surface area contributed by atoms with E-state index in [0.717, 1.165) is 61.2 Å². The zero-order valence-corrected chi connectivity index (χ0v) is 19.9. The third-order valence-corrected chi connectivity index (χ3v) is 8.47. The summed E-state index contributed by atoms with van der Waals surface area (Å²) in [6, 6.07) is 2.83. The van der Waals surface area contributed by atoms with Gasteiger partial charge in [0.1, 0.15) is 5.82 Å². The second-order valence-electron chi connectivity index (χ2n) is 10.9. The van der Waals surface area contributed by atoms with Gasteiger partial charge >= 0.3 is 0 Å². The molecule has 2 atom stereocenters. The summed E-state index contributed by atoms with van der Waals surface area (Å²) in [4.78, 5) is 12.4. The van der Waals surface area contributed by atoms with Crippen molar-refractivity contribution in [3.05, 3.63) is 36.4 Å². The lowest BCUT2D eigenvalue weighted by Crippen LogP contribution is -2.39. The average Bonchev–Trinajstić information content (AvgIpc) is 3.74. The van der Waals surface area contributed by atoms with Crippen LogP contribution in [0.5, 0.6) is 0 Å². The Balaban J connectivity index is 1.04. The van der Waals surface area contributed by atoms with Gasteiger partial charge in [0, 0.05) is 62.4 Å². The normalized spacial score (nSPS) is 29.8. The van der Waals surface area contributed by atoms with Gasteiger partial charge in [-0.1, -0.05) is 5.92 Å². The highest BCUT2D eigenvalue weighted by atomic mass is 15.3. The van der Waals surface area contributed by atoms with E-state index < -0.39 is 0 Å². The summed E-state index contributed by atoms with van der Waals surface area (Å²) in [6.45, 7) is 2.20. The molecule has 0 bridgehead atoms. The topological polar surface area (TPSA) is 46.8 Å². The molecule has 5 heteroatoms. The van der Waals surface area contributed by atoms with Crippen molar-refractivity contribution < 1.29 is 0 Å². The van der Waals surface area contributed by atoms with Crippen LogP contribution in [0.4, 0.5) is 0 Å². The molecule has 3 aliphatic carbocycles. The number of rotatable bonds is 7. The minimum Gasteiger partial charge on any atom is -0.298 e. The number of hydrogen-bond donors (Lipinski definition) is 0. The summed E-state index contributed by atoms with van der Waals surface area (Å²) in [5.41, 5.74) is 3.60. The van der Waals surface area contributed by atoms with Crippen molar-refractivity contribution in [1.82, 2.24) is 24.6 Å². The molecule has 0 saturated heterocycles. The van der Waals surface area contributed by atoms with Crippen molar-refractivity contribution in [2.24, 2.45) is 24.8 Å². The molecule has 3 saturated carbocycles. The Hall–Kier alpha value is -2.19. The number of hydrogen-bond acceptors (Lipinski definition) is 4. The van der Waals surface area contributed by atoms with E-state index in [1.165, 1.54) is 62.6 Å². The van der Waals surface area contributed by atoms with E-state index >= 15 is 0 Å². The number of aryl methyl sites for hydroxylation is 1. The Bertz CT molecular complexity index is 1020. The van der Waals surface area contributed by atoms with Crippen molar-refractivity contribution in [3.8, 4) is 23.1 Å². The van der Waals surface area contributed by atoms with Crippen molar-refractivity contribution in [1.29, 1.82) is 0 Å². The van der Waals surface area contributed by atoms with Crippen LogP contribution in [0.25, 0.3) is 11.3 Å². The predicted molar refractivity (Wildman–Crippen MR) is 130 cm³/mol. The van der Waals surface area contributed by atoms with Crippen LogP contribution >= 0.6 is 0 Å². The summed E-state index contributed by atoms with van der Waals surface area (Å²) >= 11 is 0.